The Morgan fingerprint density at radius 2 is 1.82 bits per heavy atom. The molecule has 2 aromatic carbocycles. The highest BCUT2D eigenvalue weighted by molar-refractivity contribution is 5.94. The number of hydrogen-bond acceptors (Lipinski definition) is 2. The Morgan fingerprint density at radius 3 is 2.59 bits per heavy atom. The van der Waals surface area contributed by atoms with Crippen LogP contribution in [0.25, 0.3) is 10.9 Å². The van der Waals surface area contributed by atoms with Gasteiger partial charge >= 0.3 is 5.97 Å². The van der Waals surface area contributed by atoms with Gasteiger partial charge in [0.2, 0.25) is 0 Å². The lowest BCUT2D eigenvalue weighted by Gasteiger charge is -2.27. The van der Waals surface area contributed by atoms with Crippen LogP contribution < -0.4 is 0 Å². The Hall–Kier alpha value is -2.55. The molecule has 1 aromatic heterocycles. The minimum atomic E-state index is -0.718. The van der Waals surface area contributed by atoms with E-state index in [1.807, 2.05) is 42.5 Å². The molecular formula is C19H17NO2. The largest absolute Gasteiger partial charge is 0.468 e. The van der Waals surface area contributed by atoms with Gasteiger partial charge < -0.3 is 9.72 Å². The third kappa shape index (κ3) is 1.59. The van der Waals surface area contributed by atoms with Crippen molar-refractivity contribution in [2.24, 2.45) is 0 Å². The van der Waals surface area contributed by atoms with Crippen LogP contribution in [0.15, 0.2) is 54.6 Å². The lowest BCUT2D eigenvalue weighted by Crippen LogP contribution is -2.36. The maximum absolute atomic E-state index is 12.7. The maximum atomic E-state index is 12.7. The summed E-state index contributed by atoms with van der Waals surface area (Å²) in [6, 6.07) is 18.2. The van der Waals surface area contributed by atoms with Crippen molar-refractivity contribution in [2.45, 2.75) is 18.3 Å². The van der Waals surface area contributed by atoms with Crippen LogP contribution in [0.3, 0.4) is 0 Å². The van der Waals surface area contributed by atoms with Crippen LogP contribution in [0.5, 0.6) is 0 Å². The number of ether oxygens (including phenoxy) is 1. The van der Waals surface area contributed by atoms with Gasteiger partial charge in [-0.05, 0) is 30.0 Å². The molecule has 3 nitrogen and oxygen atoms in total. The molecule has 0 amide bonds. The van der Waals surface area contributed by atoms with Gasteiger partial charge in [0.25, 0.3) is 0 Å². The summed E-state index contributed by atoms with van der Waals surface area (Å²) in [5.74, 6) is -0.191. The van der Waals surface area contributed by atoms with Gasteiger partial charge in [0.1, 0.15) is 5.41 Å². The molecule has 1 heterocycles. The van der Waals surface area contributed by atoms with E-state index in [0.29, 0.717) is 0 Å². The molecule has 110 valence electrons. The molecule has 1 N–H and O–H groups in total. The summed E-state index contributed by atoms with van der Waals surface area (Å²) in [6.45, 7) is 0. The van der Waals surface area contributed by atoms with Gasteiger partial charge in [-0.2, -0.15) is 0 Å². The first-order valence-corrected chi connectivity index (χ1v) is 7.51. The second kappa shape index (κ2) is 4.73. The monoisotopic (exact) mass is 291 g/mol. The summed E-state index contributed by atoms with van der Waals surface area (Å²) in [6.07, 6.45) is 1.62. The molecule has 0 saturated heterocycles. The Balaban J connectivity index is 2.02. The minimum absolute atomic E-state index is 0.191. The highest BCUT2D eigenvalue weighted by Crippen LogP contribution is 2.47. The Bertz CT molecular complexity index is 850. The summed E-state index contributed by atoms with van der Waals surface area (Å²) >= 11 is 0. The van der Waals surface area contributed by atoms with E-state index in [9.17, 15) is 4.79 Å². The number of esters is 1. The lowest BCUT2D eigenvalue weighted by atomic mass is 9.78. The predicted octanol–water partition coefficient (Wildman–Crippen LogP) is 3.57. The van der Waals surface area contributed by atoms with E-state index in [1.165, 1.54) is 18.1 Å². The minimum Gasteiger partial charge on any atom is -0.468 e. The zero-order valence-electron chi connectivity index (χ0n) is 12.4. The summed E-state index contributed by atoms with van der Waals surface area (Å²) in [5.41, 5.74) is 3.59. The Kier molecular flexibility index (Phi) is 2.83. The summed E-state index contributed by atoms with van der Waals surface area (Å²) in [4.78, 5) is 16.2. The highest BCUT2D eigenvalue weighted by atomic mass is 16.5. The van der Waals surface area contributed by atoms with Gasteiger partial charge in [0, 0.05) is 16.6 Å². The van der Waals surface area contributed by atoms with Crippen LogP contribution >= 0.6 is 0 Å². The van der Waals surface area contributed by atoms with E-state index in [-0.39, 0.29) is 5.97 Å². The molecule has 1 aliphatic carbocycles. The number of methoxy groups -OCH3 is 1. The van der Waals surface area contributed by atoms with Gasteiger partial charge in [0.15, 0.2) is 0 Å². The summed E-state index contributed by atoms with van der Waals surface area (Å²) in [7, 11) is 1.47. The molecule has 0 unspecified atom stereocenters. The Morgan fingerprint density at radius 1 is 1.09 bits per heavy atom. The molecule has 0 saturated carbocycles. The second-order valence-electron chi connectivity index (χ2n) is 5.79. The molecule has 0 bridgehead atoms. The predicted molar refractivity (Wildman–Crippen MR) is 85.9 cm³/mol. The van der Waals surface area contributed by atoms with Crippen LogP contribution in [0.2, 0.25) is 0 Å². The van der Waals surface area contributed by atoms with E-state index < -0.39 is 5.41 Å². The number of para-hydroxylation sites is 1. The third-order valence-electron chi connectivity index (χ3n) is 4.79. The van der Waals surface area contributed by atoms with Gasteiger partial charge in [0.05, 0.1) is 7.11 Å². The fraction of sp³-hybridized carbons (Fsp3) is 0.211. The molecule has 3 heteroatoms. The average Bonchev–Trinajstić information content (AvgIpc) is 3.12. The van der Waals surface area contributed by atoms with E-state index in [4.69, 9.17) is 4.74 Å². The van der Waals surface area contributed by atoms with Crippen LogP contribution in [-0.4, -0.2) is 18.1 Å². The van der Waals surface area contributed by atoms with Crippen molar-refractivity contribution >= 4 is 16.9 Å². The number of carbonyl (C=O) groups is 1. The number of aromatic amines is 1. The van der Waals surface area contributed by atoms with Gasteiger partial charge in [-0.25, -0.2) is 0 Å². The van der Waals surface area contributed by atoms with Crippen molar-refractivity contribution in [1.82, 2.24) is 4.98 Å². The number of hydrogen-bond donors (Lipinski definition) is 1. The molecule has 1 atom stereocenters. The van der Waals surface area contributed by atoms with E-state index in [0.717, 1.165) is 29.6 Å². The molecule has 22 heavy (non-hydrogen) atoms. The van der Waals surface area contributed by atoms with E-state index in [1.54, 1.807) is 0 Å². The Labute approximate surface area is 128 Å². The first kappa shape index (κ1) is 13.1. The highest BCUT2D eigenvalue weighted by Gasteiger charge is 2.49. The first-order valence-electron chi connectivity index (χ1n) is 7.51. The molecule has 1 aliphatic rings. The quantitative estimate of drug-likeness (QED) is 0.733. The molecule has 3 aromatic rings. The van der Waals surface area contributed by atoms with E-state index in [2.05, 4.69) is 17.1 Å². The average molecular weight is 291 g/mol. The summed E-state index contributed by atoms with van der Waals surface area (Å²) < 4.78 is 5.19. The van der Waals surface area contributed by atoms with Crippen molar-refractivity contribution in [3.63, 3.8) is 0 Å². The van der Waals surface area contributed by atoms with Crippen molar-refractivity contribution < 1.29 is 9.53 Å². The number of fused-ring (bicyclic) bond motifs is 3. The van der Waals surface area contributed by atoms with Crippen LogP contribution in [0.4, 0.5) is 0 Å². The second-order valence-corrected chi connectivity index (χ2v) is 5.79. The number of aryl methyl sites for hydroxylation is 1. The topological polar surface area (TPSA) is 42.1 Å². The number of aromatic nitrogens is 1. The van der Waals surface area contributed by atoms with Gasteiger partial charge in [-0.1, -0.05) is 48.5 Å². The third-order valence-corrected chi connectivity index (χ3v) is 4.79. The van der Waals surface area contributed by atoms with Crippen molar-refractivity contribution in [1.29, 1.82) is 0 Å². The number of H-pyrrole nitrogens is 1. The smallest absolute Gasteiger partial charge is 0.322 e. The van der Waals surface area contributed by atoms with Crippen LogP contribution in [-0.2, 0) is 21.4 Å². The number of benzene rings is 2. The zero-order chi connectivity index (χ0) is 15.2. The molecule has 0 fully saturated rings. The van der Waals surface area contributed by atoms with Crippen LogP contribution in [0.1, 0.15) is 23.2 Å². The van der Waals surface area contributed by atoms with Crippen molar-refractivity contribution in [3.8, 4) is 0 Å². The van der Waals surface area contributed by atoms with Gasteiger partial charge in [-0.3, -0.25) is 4.79 Å². The zero-order valence-corrected chi connectivity index (χ0v) is 12.4. The molecule has 0 spiro atoms. The SMILES string of the molecule is COC(=O)[C@]1(c2ccccc2)CCc2c1[nH]c1ccccc21. The number of rotatable bonds is 2. The molecule has 0 radical (unpaired) electrons. The number of nitrogens with one attached hydrogen (secondary N) is 1. The van der Waals surface area contributed by atoms with Gasteiger partial charge in [-0.15, -0.1) is 0 Å². The fourth-order valence-electron chi connectivity index (χ4n) is 3.77. The molecule has 4 rings (SSSR count). The standard InChI is InChI=1S/C19H17NO2/c1-22-18(21)19(13-7-3-2-4-8-13)12-11-15-14-9-5-6-10-16(14)20-17(15)19/h2-10,20H,11-12H2,1H3/t19-/m0/s1. The molecule has 0 aliphatic heterocycles. The first-order chi connectivity index (χ1) is 10.8. The van der Waals surface area contributed by atoms with Crippen molar-refractivity contribution in [2.75, 3.05) is 7.11 Å². The maximum Gasteiger partial charge on any atom is 0.322 e. The van der Waals surface area contributed by atoms with E-state index >= 15 is 0 Å². The lowest BCUT2D eigenvalue weighted by molar-refractivity contribution is -0.145. The summed E-state index contributed by atoms with van der Waals surface area (Å²) in [5, 5.41) is 1.21. The molecular weight excluding hydrogens is 274 g/mol. The van der Waals surface area contributed by atoms with Crippen molar-refractivity contribution in [3.05, 3.63) is 71.4 Å². The number of carbonyl (C=O) groups excluding carboxylic acids is 1. The normalized spacial score (nSPS) is 20.0. The van der Waals surface area contributed by atoms with Crippen LogP contribution in [0, 0.1) is 0 Å². The fourth-order valence-corrected chi connectivity index (χ4v) is 3.77.